The lowest BCUT2D eigenvalue weighted by Crippen LogP contribution is -2.23. The van der Waals surface area contributed by atoms with Crippen LogP contribution in [0.5, 0.6) is 5.75 Å². The number of hydrogen-bond acceptors (Lipinski definition) is 4. The average Bonchev–Trinajstić information content (AvgIpc) is 2.88. The maximum Gasteiger partial charge on any atom is 0.387 e. The van der Waals surface area contributed by atoms with Crippen molar-refractivity contribution in [2.24, 2.45) is 0 Å². The number of rotatable bonds is 10. The van der Waals surface area contributed by atoms with Gasteiger partial charge in [0.15, 0.2) is 0 Å². The van der Waals surface area contributed by atoms with Gasteiger partial charge in [-0.05, 0) is 60.9 Å². The summed E-state index contributed by atoms with van der Waals surface area (Å²) in [6.45, 7) is -1.84. The lowest BCUT2D eigenvalue weighted by Gasteiger charge is -2.15. The van der Waals surface area contributed by atoms with Crippen molar-refractivity contribution >= 4 is 20.9 Å². The topological polar surface area (TPSA) is 88.3 Å². The number of aromatic nitrogens is 1. The maximum atomic E-state index is 14.7. The molecule has 0 aliphatic heterocycles. The molecule has 11 heteroatoms. The Balaban J connectivity index is 1.53. The van der Waals surface area contributed by atoms with Crippen LogP contribution in [0.1, 0.15) is 29.2 Å². The van der Waals surface area contributed by atoms with Gasteiger partial charge in [-0.25, -0.2) is 13.1 Å². The number of pyridine rings is 1. The minimum absolute atomic E-state index is 0.0390. The van der Waals surface area contributed by atoms with Crippen LogP contribution < -0.4 is 15.0 Å². The molecule has 1 aromatic heterocycles. The van der Waals surface area contributed by atoms with Gasteiger partial charge in [0.2, 0.25) is 15.6 Å². The number of fused-ring (bicyclic) bond motifs is 1. The number of H-pyrrole nitrogens is 1. The maximum absolute atomic E-state index is 14.7. The predicted molar refractivity (Wildman–Crippen MR) is 140 cm³/mol. The van der Waals surface area contributed by atoms with Crippen molar-refractivity contribution in [3.8, 4) is 5.75 Å². The number of allylic oxidation sites excluding steroid dienone is 2. The molecular weight excluding hydrogens is 536 g/mol. The van der Waals surface area contributed by atoms with Crippen molar-refractivity contribution in [2.45, 2.75) is 37.3 Å². The van der Waals surface area contributed by atoms with E-state index in [2.05, 4.69) is 14.4 Å². The van der Waals surface area contributed by atoms with Crippen LogP contribution in [-0.4, -0.2) is 20.0 Å². The van der Waals surface area contributed by atoms with Crippen molar-refractivity contribution in [2.75, 3.05) is 0 Å². The van der Waals surface area contributed by atoms with Gasteiger partial charge >= 0.3 is 6.61 Å². The highest BCUT2D eigenvalue weighted by molar-refractivity contribution is 7.89. The lowest BCUT2D eigenvalue weighted by molar-refractivity contribution is -0.0504. The van der Waals surface area contributed by atoms with Gasteiger partial charge in [-0.15, -0.1) is 0 Å². The van der Waals surface area contributed by atoms with Crippen LogP contribution in [0.3, 0.4) is 0 Å². The molecule has 0 radical (unpaired) electrons. The molecule has 0 fully saturated rings. The molecule has 4 rings (SSSR count). The Kier molecular flexibility index (Phi) is 8.22. The summed E-state index contributed by atoms with van der Waals surface area (Å²) < 4.78 is 86.9. The van der Waals surface area contributed by atoms with Crippen molar-refractivity contribution in [1.82, 2.24) is 9.71 Å². The van der Waals surface area contributed by atoms with E-state index in [4.69, 9.17) is 0 Å². The standard InChI is InChI=1S/C28H24F4N2O4S/c1-2-13-28(31,32)23-16-26(35)34-24-12-9-19(15-22(23)24)14-18-7-10-21(11-8-18)39(36,37)33-17-20-5-3-4-6-25(20)38-27(29)30/h2-13,15-16,27,33H,14,17H2,1H3,(H,34,35)/b13-2+. The average molecular weight is 561 g/mol. The summed E-state index contributed by atoms with van der Waals surface area (Å²) in [5.41, 5.74) is 0.874. The van der Waals surface area contributed by atoms with Gasteiger partial charge < -0.3 is 9.72 Å². The summed E-state index contributed by atoms with van der Waals surface area (Å²) in [6.07, 6.45) is 2.26. The van der Waals surface area contributed by atoms with E-state index in [9.17, 15) is 30.8 Å². The number of alkyl halides is 4. The van der Waals surface area contributed by atoms with E-state index in [1.165, 1.54) is 43.3 Å². The van der Waals surface area contributed by atoms with Crippen molar-refractivity contribution in [3.63, 3.8) is 0 Å². The molecular formula is C28H24F4N2O4S. The van der Waals surface area contributed by atoms with Gasteiger partial charge in [-0.1, -0.05) is 42.5 Å². The summed E-state index contributed by atoms with van der Waals surface area (Å²) in [5.74, 6) is -3.47. The molecule has 3 aromatic carbocycles. The van der Waals surface area contributed by atoms with Crippen molar-refractivity contribution in [1.29, 1.82) is 0 Å². The molecule has 2 N–H and O–H groups in total. The third-order valence-electron chi connectivity index (χ3n) is 5.93. The predicted octanol–water partition coefficient (Wildman–Crippen LogP) is 5.87. The van der Waals surface area contributed by atoms with E-state index in [-0.39, 0.29) is 33.7 Å². The van der Waals surface area contributed by atoms with E-state index in [1.54, 1.807) is 36.4 Å². The van der Waals surface area contributed by atoms with Crippen molar-refractivity contribution in [3.05, 3.63) is 118 Å². The first-order valence-corrected chi connectivity index (χ1v) is 13.3. The van der Waals surface area contributed by atoms with Crippen molar-refractivity contribution < 1.29 is 30.7 Å². The van der Waals surface area contributed by atoms with E-state index < -0.39 is 33.7 Å². The van der Waals surface area contributed by atoms with E-state index in [0.717, 1.165) is 17.7 Å². The first kappa shape index (κ1) is 28.1. The Morgan fingerprint density at radius 1 is 1.00 bits per heavy atom. The van der Waals surface area contributed by atoms with Crippen LogP contribution in [0.2, 0.25) is 0 Å². The van der Waals surface area contributed by atoms with Crippen LogP contribution in [0.4, 0.5) is 17.6 Å². The smallest absolute Gasteiger partial charge is 0.387 e. The van der Waals surface area contributed by atoms with Crippen LogP contribution in [0.25, 0.3) is 10.9 Å². The molecule has 204 valence electrons. The lowest BCUT2D eigenvalue weighted by atomic mass is 9.98. The number of aromatic amines is 1. The Morgan fingerprint density at radius 3 is 2.38 bits per heavy atom. The zero-order valence-corrected chi connectivity index (χ0v) is 21.4. The molecule has 0 aliphatic carbocycles. The third-order valence-corrected chi connectivity index (χ3v) is 7.34. The van der Waals surface area contributed by atoms with E-state index >= 15 is 0 Å². The van der Waals surface area contributed by atoms with Crippen LogP contribution in [-0.2, 0) is 28.9 Å². The largest absolute Gasteiger partial charge is 0.434 e. The number of sulfonamides is 1. The fourth-order valence-corrected chi connectivity index (χ4v) is 5.13. The van der Waals surface area contributed by atoms with Gasteiger partial charge in [0.05, 0.1) is 4.90 Å². The summed E-state index contributed by atoms with van der Waals surface area (Å²) in [6, 6.07) is 17.5. The molecule has 0 saturated carbocycles. The summed E-state index contributed by atoms with van der Waals surface area (Å²) in [5, 5.41) is 0.203. The Bertz CT molecular complexity index is 1670. The fourth-order valence-electron chi connectivity index (χ4n) is 4.12. The zero-order chi connectivity index (χ0) is 28.2. The molecule has 4 aromatic rings. The minimum Gasteiger partial charge on any atom is -0.434 e. The Morgan fingerprint density at radius 2 is 1.69 bits per heavy atom. The molecule has 1 heterocycles. The first-order chi connectivity index (χ1) is 18.5. The highest BCUT2D eigenvalue weighted by atomic mass is 32.2. The molecule has 39 heavy (non-hydrogen) atoms. The van der Waals surface area contributed by atoms with Crippen LogP contribution >= 0.6 is 0 Å². The van der Waals surface area contributed by atoms with Gasteiger partial charge in [-0.2, -0.15) is 17.6 Å². The van der Waals surface area contributed by atoms with Gasteiger partial charge in [0.25, 0.3) is 5.92 Å². The number of ether oxygens (including phenoxy) is 1. The van der Waals surface area contributed by atoms with Gasteiger partial charge in [-0.3, -0.25) is 4.79 Å². The van der Waals surface area contributed by atoms with E-state index in [1.807, 2.05) is 0 Å². The molecule has 0 aliphatic rings. The molecule has 0 atom stereocenters. The van der Waals surface area contributed by atoms with Crippen LogP contribution in [0.15, 0.2) is 94.6 Å². The number of halogens is 4. The number of para-hydroxylation sites is 1. The number of benzene rings is 3. The van der Waals surface area contributed by atoms with E-state index in [0.29, 0.717) is 12.0 Å². The second-order valence-corrected chi connectivity index (χ2v) is 10.4. The minimum atomic E-state index is -3.97. The third kappa shape index (κ3) is 6.73. The second-order valence-electron chi connectivity index (χ2n) is 8.68. The number of nitrogens with one attached hydrogen (secondary N) is 2. The normalized spacial score (nSPS) is 12.5. The molecule has 6 nitrogen and oxygen atoms in total. The first-order valence-electron chi connectivity index (χ1n) is 11.8. The highest BCUT2D eigenvalue weighted by Gasteiger charge is 2.30. The Labute approximate surface area is 222 Å². The quantitative estimate of drug-likeness (QED) is 0.188. The molecule has 0 amide bonds. The SMILES string of the molecule is C/C=C/C(F)(F)c1cc(=O)[nH]c2ccc(Cc3ccc(S(=O)(=O)NCc4ccccc4OC(F)F)cc3)cc12. The monoisotopic (exact) mass is 560 g/mol. The molecule has 0 saturated heterocycles. The van der Waals surface area contributed by atoms with Crippen LogP contribution in [0, 0.1) is 0 Å². The van der Waals surface area contributed by atoms with Gasteiger partial charge in [0, 0.05) is 34.6 Å². The number of hydrogen-bond donors (Lipinski definition) is 2. The molecule has 0 unspecified atom stereocenters. The summed E-state index contributed by atoms with van der Waals surface area (Å²) >= 11 is 0. The summed E-state index contributed by atoms with van der Waals surface area (Å²) in [7, 11) is -3.97. The second kappa shape index (κ2) is 11.4. The highest BCUT2D eigenvalue weighted by Crippen LogP contribution is 2.34. The Hall–Kier alpha value is -3.96. The van der Waals surface area contributed by atoms with Gasteiger partial charge in [0.1, 0.15) is 5.75 Å². The zero-order valence-electron chi connectivity index (χ0n) is 20.6. The summed E-state index contributed by atoms with van der Waals surface area (Å²) in [4.78, 5) is 14.5. The fraction of sp³-hybridized carbons (Fsp3) is 0.179. The molecule has 0 spiro atoms. The molecule has 0 bridgehead atoms.